The Balaban J connectivity index is 0.000000720. The minimum Gasteiger partial charge on any atom is -0.360 e. The number of hydrogen-bond donors (Lipinski definition) is 1. The van der Waals surface area contributed by atoms with Gasteiger partial charge >= 0.3 is 0 Å². The highest BCUT2D eigenvalue weighted by Crippen LogP contribution is 2.20. The fraction of sp³-hybridized carbons (Fsp3) is 0.375. The number of fused-ring (bicyclic) bond motifs is 1. The maximum absolute atomic E-state index is 5.35. The van der Waals surface area contributed by atoms with Gasteiger partial charge in [-0.3, -0.25) is 4.98 Å². The van der Waals surface area contributed by atoms with Crippen molar-refractivity contribution in [2.45, 2.75) is 19.8 Å². The fourth-order valence-corrected chi connectivity index (χ4v) is 1.16. The largest absolute Gasteiger partial charge is 0.360 e. The van der Waals surface area contributed by atoms with Gasteiger partial charge < -0.3 is 10.1 Å². The summed E-state index contributed by atoms with van der Waals surface area (Å²) in [6.45, 7) is 2.65. The molecule has 0 bridgehead atoms. The maximum Gasteiger partial charge on any atom is 0.125 e. The van der Waals surface area contributed by atoms with Crippen molar-refractivity contribution in [1.29, 1.82) is 0 Å². The highest BCUT2D eigenvalue weighted by molar-refractivity contribution is 5.50. The highest BCUT2D eigenvalue weighted by atomic mass is 16.5. The third kappa shape index (κ3) is 1.19. The SMILES string of the molecule is C[C@@H]1Nc2ccncc2CO1.[HH]. The van der Waals surface area contributed by atoms with Gasteiger partial charge in [-0.25, -0.2) is 0 Å². The van der Waals surface area contributed by atoms with Gasteiger partial charge in [0.2, 0.25) is 0 Å². The first-order valence-corrected chi connectivity index (χ1v) is 3.67. The number of nitrogens with one attached hydrogen (secondary N) is 1. The van der Waals surface area contributed by atoms with Gasteiger partial charge in [0, 0.05) is 25.1 Å². The molecule has 0 amide bonds. The van der Waals surface area contributed by atoms with Crippen molar-refractivity contribution in [2.75, 3.05) is 5.32 Å². The van der Waals surface area contributed by atoms with E-state index in [4.69, 9.17) is 4.74 Å². The topological polar surface area (TPSA) is 34.2 Å². The van der Waals surface area contributed by atoms with Crippen molar-refractivity contribution in [3.05, 3.63) is 24.0 Å². The first kappa shape index (κ1) is 6.61. The van der Waals surface area contributed by atoms with Crippen LogP contribution in [0.15, 0.2) is 18.5 Å². The summed E-state index contributed by atoms with van der Waals surface area (Å²) in [7, 11) is 0. The molecule has 0 aliphatic carbocycles. The van der Waals surface area contributed by atoms with E-state index >= 15 is 0 Å². The van der Waals surface area contributed by atoms with Crippen molar-refractivity contribution >= 4 is 5.69 Å². The molecule has 2 heterocycles. The zero-order valence-electron chi connectivity index (χ0n) is 6.37. The Morgan fingerprint density at radius 3 is 3.64 bits per heavy atom. The summed E-state index contributed by atoms with van der Waals surface area (Å²) in [5.41, 5.74) is 2.27. The maximum atomic E-state index is 5.35. The van der Waals surface area contributed by atoms with Crippen LogP contribution in [-0.2, 0) is 11.3 Å². The number of aromatic nitrogens is 1. The second-order valence-electron chi connectivity index (χ2n) is 2.63. The quantitative estimate of drug-likeness (QED) is 0.613. The minimum absolute atomic E-state index is 0. The first-order valence-electron chi connectivity index (χ1n) is 3.67. The molecule has 1 aromatic rings. The van der Waals surface area contributed by atoms with E-state index in [9.17, 15) is 0 Å². The monoisotopic (exact) mass is 152 g/mol. The van der Waals surface area contributed by atoms with Crippen LogP contribution in [0.3, 0.4) is 0 Å². The van der Waals surface area contributed by atoms with E-state index < -0.39 is 0 Å². The lowest BCUT2D eigenvalue weighted by Gasteiger charge is -2.23. The second-order valence-corrected chi connectivity index (χ2v) is 2.63. The predicted octanol–water partition coefficient (Wildman–Crippen LogP) is 1.62. The molecule has 3 heteroatoms. The number of pyridine rings is 1. The van der Waals surface area contributed by atoms with Crippen LogP contribution in [0, 0.1) is 0 Å². The van der Waals surface area contributed by atoms with E-state index in [1.54, 1.807) is 6.20 Å². The van der Waals surface area contributed by atoms with Crippen LogP contribution in [-0.4, -0.2) is 11.2 Å². The standard InChI is InChI=1S/C8H10N2O.H2/c1-6-10-8-2-3-9-4-7(8)5-11-6;/h2-4,6,10H,5H2,1H3;1H/t6-;/m1./s1. The summed E-state index contributed by atoms with van der Waals surface area (Å²) < 4.78 is 5.35. The predicted molar refractivity (Wildman–Crippen MR) is 44.2 cm³/mol. The van der Waals surface area contributed by atoms with Gasteiger partial charge in [0.25, 0.3) is 0 Å². The average Bonchev–Trinajstić information content (AvgIpc) is 2.04. The van der Waals surface area contributed by atoms with Gasteiger partial charge in [-0.15, -0.1) is 0 Å². The Hall–Kier alpha value is -1.09. The molecule has 0 saturated heterocycles. The Morgan fingerprint density at radius 2 is 2.73 bits per heavy atom. The summed E-state index contributed by atoms with van der Waals surface area (Å²) in [4.78, 5) is 4.00. The molecule has 1 N–H and O–H groups in total. The molecule has 0 radical (unpaired) electrons. The molecule has 0 aromatic carbocycles. The van der Waals surface area contributed by atoms with Gasteiger partial charge in [0.1, 0.15) is 6.23 Å². The molecule has 1 aromatic heterocycles. The molecule has 0 unspecified atom stereocenters. The van der Waals surface area contributed by atoms with Crippen LogP contribution in [0.1, 0.15) is 13.9 Å². The van der Waals surface area contributed by atoms with Crippen LogP contribution in [0.25, 0.3) is 0 Å². The molecule has 0 saturated carbocycles. The van der Waals surface area contributed by atoms with Crippen molar-refractivity contribution < 1.29 is 6.16 Å². The average molecular weight is 152 g/mol. The van der Waals surface area contributed by atoms with E-state index in [1.807, 2.05) is 19.2 Å². The fourth-order valence-electron chi connectivity index (χ4n) is 1.16. The lowest BCUT2D eigenvalue weighted by Crippen LogP contribution is -2.24. The molecule has 0 fully saturated rings. The zero-order chi connectivity index (χ0) is 7.68. The number of rotatable bonds is 0. The molecule has 3 nitrogen and oxygen atoms in total. The lowest BCUT2D eigenvalue weighted by molar-refractivity contribution is 0.0634. The van der Waals surface area contributed by atoms with Crippen LogP contribution in [0.2, 0.25) is 0 Å². The van der Waals surface area contributed by atoms with E-state index in [0.717, 1.165) is 11.3 Å². The molecule has 60 valence electrons. The van der Waals surface area contributed by atoms with Gasteiger partial charge in [-0.05, 0) is 13.0 Å². The Kier molecular flexibility index (Phi) is 1.51. The normalized spacial score (nSPS) is 22.1. The van der Waals surface area contributed by atoms with Gasteiger partial charge in [0.05, 0.1) is 6.61 Å². The van der Waals surface area contributed by atoms with Crippen molar-refractivity contribution in [2.24, 2.45) is 0 Å². The Labute approximate surface area is 66.9 Å². The summed E-state index contributed by atoms with van der Waals surface area (Å²) in [5, 5.41) is 3.20. The third-order valence-electron chi connectivity index (χ3n) is 1.75. The zero-order valence-corrected chi connectivity index (χ0v) is 6.37. The number of anilines is 1. The number of hydrogen-bond acceptors (Lipinski definition) is 3. The van der Waals surface area contributed by atoms with E-state index in [-0.39, 0.29) is 7.65 Å². The second kappa shape index (κ2) is 2.51. The minimum atomic E-state index is 0. The number of nitrogens with zero attached hydrogens (tertiary/aromatic N) is 1. The summed E-state index contributed by atoms with van der Waals surface area (Å²) in [6, 6.07) is 1.97. The molecule has 11 heavy (non-hydrogen) atoms. The Bertz CT molecular complexity index is 267. The summed E-state index contributed by atoms with van der Waals surface area (Å²) in [6.07, 6.45) is 3.72. The van der Waals surface area contributed by atoms with Crippen LogP contribution < -0.4 is 5.32 Å². The third-order valence-corrected chi connectivity index (χ3v) is 1.75. The smallest absolute Gasteiger partial charge is 0.125 e. The molecule has 0 spiro atoms. The lowest BCUT2D eigenvalue weighted by atomic mass is 10.2. The van der Waals surface area contributed by atoms with Gasteiger partial charge in [0.15, 0.2) is 0 Å². The van der Waals surface area contributed by atoms with Crippen molar-refractivity contribution in [1.82, 2.24) is 4.98 Å². The summed E-state index contributed by atoms with van der Waals surface area (Å²) >= 11 is 0. The molecule has 1 atom stereocenters. The number of ether oxygens (including phenoxy) is 1. The van der Waals surface area contributed by atoms with Gasteiger partial charge in [-0.1, -0.05) is 0 Å². The van der Waals surface area contributed by atoms with E-state index in [0.29, 0.717) is 6.61 Å². The molecule has 1 aliphatic heterocycles. The van der Waals surface area contributed by atoms with Gasteiger partial charge in [-0.2, -0.15) is 0 Å². The highest BCUT2D eigenvalue weighted by Gasteiger charge is 2.12. The molecular formula is C8H12N2O. The first-order chi connectivity index (χ1) is 5.36. The summed E-state index contributed by atoms with van der Waals surface area (Å²) in [5.74, 6) is 0. The molecular weight excluding hydrogens is 140 g/mol. The van der Waals surface area contributed by atoms with E-state index in [2.05, 4.69) is 10.3 Å². The van der Waals surface area contributed by atoms with Crippen LogP contribution in [0.5, 0.6) is 0 Å². The Morgan fingerprint density at radius 1 is 1.82 bits per heavy atom. The van der Waals surface area contributed by atoms with E-state index in [1.165, 1.54) is 0 Å². The van der Waals surface area contributed by atoms with Crippen molar-refractivity contribution in [3.8, 4) is 0 Å². The molecule has 1 aliphatic rings. The van der Waals surface area contributed by atoms with Crippen LogP contribution in [0.4, 0.5) is 5.69 Å². The molecule has 2 rings (SSSR count). The van der Waals surface area contributed by atoms with Crippen molar-refractivity contribution in [3.63, 3.8) is 0 Å². The van der Waals surface area contributed by atoms with Crippen LogP contribution >= 0.6 is 0 Å².